The summed E-state index contributed by atoms with van der Waals surface area (Å²) in [6.07, 6.45) is 4.41. The van der Waals surface area contributed by atoms with Crippen LogP contribution in [0, 0.1) is 5.82 Å². The van der Waals surface area contributed by atoms with Crippen LogP contribution < -0.4 is 0 Å². The fraction of sp³-hybridized carbons (Fsp3) is 0.200. The third kappa shape index (κ3) is 4.14. The predicted molar refractivity (Wildman–Crippen MR) is 61.8 cm³/mol. The lowest BCUT2D eigenvalue weighted by molar-refractivity contribution is 0.627. The Morgan fingerprint density at radius 3 is 3.00 bits per heavy atom. The Labute approximate surface area is 95.4 Å². The van der Waals surface area contributed by atoms with Crippen molar-refractivity contribution >= 4 is 22.0 Å². The predicted octanol–water partition coefficient (Wildman–Crippen LogP) is 4.30. The molecular weight excluding hydrogens is 261 g/mol. The van der Waals surface area contributed by atoms with Crippen LogP contribution in [0.4, 0.5) is 4.39 Å². The van der Waals surface area contributed by atoms with Gasteiger partial charge in [-0.2, -0.15) is 0 Å². The van der Waals surface area contributed by atoms with E-state index >= 15 is 0 Å². The summed E-state index contributed by atoms with van der Waals surface area (Å²) < 4.78 is 13.4. The Morgan fingerprint density at radius 1 is 1.53 bits per heavy atom. The first kappa shape index (κ1) is 11.8. The highest BCUT2D eigenvalue weighted by Crippen LogP contribution is 2.19. The molecule has 0 spiro atoms. The van der Waals surface area contributed by atoms with Crippen LogP contribution in [-0.4, -0.2) is 6.54 Å². The molecular formula is C10H9BrFN3. The third-order valence-corrected chi connectivity index (χ3v) is 2.41. The van der Waals surface area contributed by atoms with E-state index in [0.717, 1.165) is 5.56 Å². The second kappa shape index (κ2) is 6.22. The number of rotatable bonds is 4. The van der Waals surface area contributed by atoms with Crippen LogP contribution in [0.3, 0.4) is 0 Å². The zero-order valence-corrected chi connectivity index (χ0v) is 9.48. The van der Waals surface area contributed by atoms with Crippen LogP contribution in [-0.2, 0) is 0 Å². The summed E-state index contributed by atoms with van der Waals surface area (Å²) in [7, 11) is 0. The first-order valence-corrected chi connectivity index (χ1v) is 5.16. The topological polar surface area (TPSA) is 48.8 Å². The summed E-state index contributed by atoms with van der Waals surface area (Å²) in [6, 6.07) is 4.49. The molecule has 0 saturated carbocycles. The average molecular weight is 270 g/mol. The Bertz CT molecular complexity index is 411. The molecule has 0 aliphatic rings. The van der Waals surface area contributed by atoms with Crippen molar-refractivity contribution in [2.45, 2.75) is 6.42 Å². The lowest BCUT2D eigenvalue weighted by Crippen LogP contribution is -1.79. The molecule has 0 unspecified atom stereocenters. The van der Waals surface area contributed by atoms with Crippen LogP contribution >= 0.6 is 15.9 Å². The lowest BCUT2D eigenvalue weighted by Gasteiger charge is -1.97. The smallest absolute Gasteiger partial charge is 0.124 e. The van der Waals surface area contributed by atoms with Crippen molar-refractivity contribution in [1.82, 2.24) is 0 Å². The molecule has 1 rings (SSSR count). The van der Waals surface area contributed by atoms with Crippen molar-refractivity contribution in [3.05, 3.63) is 50.6 Å². The summed E-state index contributed by atoms with van der Waals surface area (Å²) in [4.78, 5) is 2.64. The van der Waals surface area contributed by atoms with E-state index in [2.05, 4.69) is 26.0 Å². The summed E-state index contributed by atoms with van der Waals surface area (Å²) in [6.45, 7) is 0.436. The second-order valence-corrected chi connectivity index (χ2v) is 3.67. The fourth-order valence-electron chi connectivity index (χ4n) is 1.02. The molecule has 3 nitrogen and oxygen atoms in total. The molecule has 0 aliphatic carbocycles. The van der Waals surface area contributed by atoms with Gasteiger partial charge in [-0.3, -0.25) is 0 Å². The van der Waals surface area contributed by atoms with Gasteiger partial charge >= 0.3 is 0 Å². The van der Waals surface area contributed by atoms with Crippen LogP contribution in [0.2, 0.25) is 0 Å². The molecule has 0 radical (unpaired) electrons. The number of halogens is 2. The van der Waals surface area contributed by atoms with Gasteiger partial charge in [0.25, 0.3) is 0 Å². The van der Waals surface area contributed by atoms with Gasteiger partial charge in [-0.15, -0.1) is 0 Å². The average Bonchev–Trinajstić information content (AvgIpc) is 2.20. The van der Waals surface area contributed by atoms with Crippen molar-refractivity contribution in [1.29, 1.82) is 0 Å². The number of hydrogen-bond donors (Lipinski definition) is 0. The van der Waals surface area contributed by atoms with Gasteiger partial charge in [0.2, 0.25) is 0 Å². The van der Waals surface area contributed by atoms with Crippen molar-refractivity contribution in [2.75, 3.05) is 6.54 Å². The van der Waals surface area contributed by atoms with Gasteiger partial charge in [-0.25, -0.2) is 4.39 Å². The van der Waals surface area contributed by atoms with Crippen molar-refractivity contribution < 1.29 is 4.39 Å². The van der Waals surface area contributed by atoms with E-state index in [1.807, 2.05) is 12.2 Å². The monoisotopic (exact) mass is 269 g/mol. The molecule has 0 amide bonds. The Morgan fingerprint density at radius 2 is 2.33 bits per heavy atom. The number of azide groups is 1. The standard InChI is InChI=1S/C10H9BrFN3/c11-10-7-9(12)5-4-8(10)3-1-2-6-14-15-13/h1,3-5,7H,2,6H2. The molecule has 0 heterocycles. The minimum absolute atomic E-state index is 0.270. The van der Waals surface area contributed by atoms with E-state index < -0.39 is 0 Å². The SMILES string of the molecule is [N-]=[N+]=NCCC=Cc1ccc(F)cc1Br. The van der Waals surface area contributed by atoms with Gasteiger partial charge in [0.15, 0.2) is 0 Å². The van der Waals surface area contributed by atoms with Crippen molar-refractivity contribution in [3.63, 3.8) is 0 Å². The zero-order valence-electron chi connectivity index (χ0n) is 7.90. The first-order chi connectivity index (χ1) is 7.24. The molecule has 0 N–H and O–H groups in total. The third-order valence-electron chi connectivity index (χ3n) is 1.72. The summed E-state index contributed by atoms with van der Waals surface area (Å²) in [5.74, 6) is -0.270. The number of hydrogen-bond acceptors (Lipinski definition) is 1. The summed E-state index contributed by atoms with van der Waals surface area (Å²) >= 11 is 3.26. The maximum Gasteiger partial charge on any atom is 0.124 e. The molecule has 1 aromatic rings. The van der Waals surface area contributed by atoms with Gasteiger partial charge in [0.05, 0.1) is 0 Å². The van der Waals surface area contributed by atoms with E-state index in [4.69, 9.17) is 5.53 Å². The molecule has 0 bridgehead atoms. The highest BCUT2D eigenvalue weighted by molar-refractivity contribution is 9.10. The molecule has 0 saturated heterocycles. The van der Waals surface area contributed by atoms with Crippen LogP contribution in [0.1, 0.15) is 12.0 Å². The first-order valence-electron chi connectivity index (χ1n) is 4.36. The normalized spacial score (nSPS) is 10.3. The maximum atomic E-state index is 12.7. The minimum atomic E-state index is -0.270. The largest absolute Gasteiger partial charge is 0.207 e. The van der Waals surface area contributed by atoms with E-state index in [9.17, 15) is 4.39 Å². The highest BCUT2D eigenvalue weighted by Gasteiger charge is 1.96. The van der Waals surface area contributed by atoms with E-state index in [-0.39, 0.29) is 5.82 Å². The van der Waals surface area contributed by atoms with E-state index in [0.29, 0.717) is 17.4 Å². The van der Waals surface area contributed by atoms with Gasteiger partial charge in [-0.05, 0) is 29.6 Å². The maximum absolute atomic E-state index is 12.7. The van der Waals surface area contributed by atoms with Crippen LogP contribution in [0.5, 0.6) is 0 Å². The van der Waals surface area contributed by atoms with Crippen molar-refractivity contribution in [2.24, 2.45) is 5.11 Å². The number of benzene rings is 1. The molecule has 0 aliphatic heterocycles. The van der Waals surface area contributed by atoms with E-state index in [1.165, 1.54) is 12.1 Å². The Hall–Kier alpha value is -1.32. The van der Waals surface area contributed by atoms with Crippen LogP contribution in [0.25, 0.3) is 16.5 Å². The van der Waals surface area contributed by atoms with E-state index in [1.54, 1.807) is 6.07 Å². The fourth-order valence-corrected chi connectivity index (χ4v) is 1.51. The second-order valence-electron chi connectivity index (χ2n) is 2.81. The summed E-state index contributed by atoms with van der Waals surface area (Å²) in [5.41, 5.74) is 8.94. The Kier molecular flexibility index (Phi) is 4.87. The molecule has 0 atom stereocenters. The van der Waals surface area contributed by atoms with Gasteiger partial charge in [-0.1, -0.05) is 39.3 Å². The lowest BCUT2D eigenvalue weighted by atomic mass is 10.2. The minimum Gasteiger partial charge on any atom is -0.207 e. The molecule has 1 aromatic carbocycles. The molecule has 78 valence electrons. The molecule has 0 aromatic heterocycles. The van der Waals surface area contributed by atoms with Gasteiger partial charge in [0.1, 0.15) is 5.82 Å². The molecule has 15 heavy (non-hydrogen) atoms. The van der Waals surface area contributed by atoms with Gasteiger partial charge < -0.3 is 0 Å². The van der Waals surface area contributed by atoms with Crippen LogP contribution in [0.15, 0.2) is 33.9 Å². The van der Waals surface area contributed by atoms with Gasteiger partial charge in [0, 0.05) is 15.9 Å². The quantitative estimate of drug-likeness (QED) is 0.339. The Balaban J connectivity index is 2.60. The summed E-state index contributed by atoms with van der Waals surface area (Å²) in [5, 5.41) is 3.40. The number of nitrogens with zero attached hydrogens (tertiary/aromatic N) is 3. The van der Waals surface area contributed by atoms with Crippen molar-refractivity contribution in [3.8, 4) is 0 Å². The molecule has 5 heteroatoms. The zero-order chi connectivity index (χ0) is 11.1. The molecule has 0 fully saturated rings. The highest BCUT2D eigenvalue weighted by atomic mass is 79.9.